The number of hydrogen-bond acceptors (Lipinski definition) is 1. The highest BCUT2D eigenvalue weighted by molar-refractivity contribution is 5.21. The molecule has 0 aliphatic heterocycles. The quantitative estimate of drug-likeness (QED) is 0.849. The summed E-state index contributed by atoms with van der Waals surface area (Å²) in [4.78, 5) is 0. The second-order valence-electron chi connectivity index (χ2n) is 5.75. The Labute approximate surface area is 111 Å². The number of rotatable bonds is 5. The van der Waals surface area contributed by atoms with Crippen LogP contribution in [0.5, 0.6) is 0 Å². The van der Waals surface area contributed by atoms with Crippen LogP contribution in [-0.2, 0) is 0 Å². The van der Waals surface area contributed by atoms with E-state index in [4.69, 9.17) is 0 Å². The molecule has 0 spiro atoms. The van der Waals surface area contributed by atoms with Crippen molar-refractivity contribution in [1.29, 1.82) is 0 Å². The van der Waals surface area contributed by atoms with E-state index in [1.807, 2.05) is 0 Å². The Morgan fingerprint density at radius 2 is 1.47 bits per heavy atom. The number of hydrogen-bond donors (Lipinski definition) is 1. The van der Waals surface area contributed by atoms with Crippen molar-refractivity contribution in [1.82, 2.24) is 5.32 Å². The standard InChI is InChI=1S/C15H18F3N/c16-15(17,18)14(12-4-2-1-3-5-12)19-13(10-6-7-10)11-8-9-11/h1-5,10-11,13-14,19H,6-9H2. The zero-order chi connectivity index (χ0) is 13.5. The van der Waals surface area contributed by atoms with Gasteiger partial charge in [-0.1, -0.05) is 30.3 Å². The van der Waals surface area contributed by atoms with Crippen molar-refractivity contribution in [3.63, 3.8) is 0 Å². The maximum Gasteiger partial charge on any atom is 0.407 e. The summed E-state index contributed by atoms with van der Waals surface area (Å²) in [5.74, 6) is 0.919. The van der Waals surface area contributed by atoms with Crippen molar-refractivity contribution < 1.29 is 13.2 Å². The normalized spacial score (nSPS) is 21.7. The second kappa shape index (κ2) is 4.82. The monoisotopic (exact) mass is 269 g/mol. The van der Waals surface area contributed by atoms with Crippen molar-refractivity contribution in [2.24, 2.45) is 11.8 Å². The van der Waals surface area contributed by atoms with Gasteiger partial charge < -0.3 is 0 Å². The molecule has 2 fully saturated rings. The van der Waals surface area contributed by atoms with E-state index >= 15 is 0 Å². The highest BCUT2D eigenvalue weighted by Crippen LogP contribution is 2.46. The molecule has 104 valence electrons. The van der Waals surface area contributed by atoms with Crippen molar-refractivity contribution in [2.45, 2.75) is 43.9 Å². The number of nitrogens with one attached hydrogen (secondary N) is 1. The number of alkyl halides is 3. The third kappa shape index (κ3) is 3.11. The fourth-order valence-electron chi connectivity index (χ4n) is 2.79. The predicted octanol–water partition coefficient (Wildman–Crippen LogP) is 4.07. The van der Waals surface area contributed by atoms with Crippen LogP contribution in [0.3, 0.4) is 0 Å². The third-order valence-corrected chi connectivity index (χ3v) is 4.08. The molecule has 1 N–H and O–H groups in total. The third-order valence-electron chi connectivity index (χ3n) is 4.08. The summed E-state index contributed by atoms with van der Waals surface area (Å²) in [6, 6.07) is 6.71. The molecule has 2 aliphatic rings. The van der Waals surface area contributed by atoms with E-state index in [9.17, 15) is 13.2 Å². The molecule has 4 heteroatoms. The van der Waals surface area contributed by atoms with Crippen LogP contribution in [0.15, 0.2) is 30.3 Å². The Hall–Kier alpha value is -1.03. The lowest BCUT2D eigenvalue weighted by Gasteiger charge is -2.28. The largest absolute Gasteiger partial charge is 0.407 e. The van der Waals surface area contributed by atoms with E-state index < -0.39 is 12.2 Å². The molecule has 0 bridgehead atoms. The van der Waals surface area contributed by atoms with Crippen LogP contribution in [0.1, 0.15) is 37.3 Å². The molecular weight excluding hydrogens is 251 g/mol. The van der Waals surface area contributed by atoms with Crippen molar-refractivity contribution in [3.05, 3.63) is 35.9 Å². The Balaban J connectivity index is 1.79. The summed E-state index contributed by atoms with van der Waals surface area (Å²) in [5, 5.41) is 2.91. The molecule has 2 aliphatic carbocycles. The van der Waals surface area contributed by atoms with Gasteiger partial charge in [-0.05, 0) is 43.1 Å². The highest BCUT2D eigenvalue weighted by Gasteiger charge is 2.47. The minimum Gasteiger partial charge on any atom is -0.299 e. The van der Waals surface area contributed by atoms with Crippen molar-refractivity contribution in [3.8, 4) is 0 Å². The summed E-state index contributed by atoms with van der Waals surface area (Å²) in [6.45, 7) is 0. The molecule has 0 amide bonds. The summed E-state index contributed by atoms with van der Waals surface area (Å²) in [5.41, 5.74) is 0.321. The predicted molar refractivity (Wildman–Crippen MR) is 67.6 cm³/mol. The Morgan fingerprint density at radius 1 is 0.947 bits per heavy atom. The minimum absolute atomic E-state index is 0.0480. The average molecular weight is 269 g/mol. The molecule has 0 saturated heterocycles. The first-order valence-corrected chi connectivity index (χ1v) is 6.93. The molecular formula is C15H18F3N. The van der Waals surface area contributed by atoms with Crippen LogP contribution in [0.25, 0.3) is 0 Å². The molecule has 3 rings (SSSR count). The summed E-state index contributed by atoms with van der Waals surface area (Å²) in [6.07, 6.45) is 0.0749. The Morgan fingerprint density at radius 3 is 1.89 bits per heavy atom. The van der Waals surface area contributed by atoms with Gasteiger partial charge in [-0.2, -0.15) is 13.2 Å². The summed E-state index contributed by atoms with van der Waals surface area (Å²) in [7, 11) is 0. The van der Waals surface area contributed by atoms with Gasteiger partial charge in [-0.25, -0.2) is 0 Å². The maximum absolute atomic E-state index is 13.3. The lowest BCUT2D eigenvalue weighted by molar-refractivity contribution is -0.160. The number of benzene rings is 1. The van der Waals surface area contributed by atoms with E-state index in [0.717, 1.165) is 25.7 Å². The molecule has 1 unspecified atom stereocenters. The van der Waals surface area contributed by atoms with Crippen LogP contribution in [-0.4, -0.2) is 12.2 Å². The molecule has 2 saturated carbocycles. The number of halogens is 3. The lowest BCUT2D eigenvalue weighted by atomic mass is 10.0. The maximum atomic E-state index is 13.3. The summed E-state index contributed by atoms with van der Waals surface area (Å²) < 4.78 is 39.8. The van der Waals surface area contributed by atoms with Crippen LogP contribution in [0.2, 0.25) is 0 Å². The topological polar surface area (TPSA) is 12.0 Å². The van der Waals surface area contributed by atoms with E-state index in [2.05, 4.69) is 5.32 Å². The Bertz CT molecular complexity index is 409. The molecule has 1 nitrogen and oxygen atoms in total. The van der Waals surface area contributed by atoms with Crippen LogP contribution in [0, 0.1) is 11.8 Å². The van der Waals surface area contributed by atoms with E-state index in [-0.39, 0.29) is 6.04 Å². The SMILES string of the molecule is FC(F)(F)C(NC(C1CC1)C1CC1)c1ccccc1. The van der Waals surface area contributed by atoms with E-state index in [1.54, 1.807) is 30.3 Å². The van der Waals surface area contributed by atoms with Gasteiger partial charge in [0.1, 0.15) is 6.04 Å². The molecule has 1 atom stereocenters. The van der Waals surface area contributed by atoms with Crippen molar-refractivity contribution >= 4 is 0 Å². The lowest BCUT2D eigenvalue weighted by Crippen LogP contribution is -2.42. The molecule has 1 aromatic carbocycles. The van der Waals surface area contributed by atoms with Gasteiger partial charge >= 0.3 is 6.18 Å². The minimum atomic E-state index is -4.23. The fraction of sp³-hybridized carbons (Fsp3) is 0.600. The molecule has 1 aromatic rings. The fourth-order valence-corrected chi connectivity index (χ4v) is 2.79. The summed E-state index contributed by atoms with van der Waals surface area (Å²) >= 11 is 0. The van der Waals surface area contributed by atoms with E-state index in [0.29, 0.717) is 17.4 Å². The smallest absolute Gasteiger partial charge is 0.299 e. The van der Waals surface area contributed by atoms with Gasteiger partial charge in [0.2, 0.25) is 0 Å². The second-order valence-corrected chi connectivity index (χ2v) is 5.75. The average Bonchev–Trinajstić information content (AvgIpc) is 3.23. The van der Waals surface area contributed by atoms with Gasteiger partial charge in [0.25, 0.3) is 0 Å². The first-order chi connectivity index (χ1) is 9.05. The molecule has 0 radical (unpaired) electrons. The van der Waals surface area contributed by atoms with Gasteiger partial charge in [0, 0.05) is 6.04 Å². The molecule has 0 heterocycles. The van der Waals surface area contributed by atoms with Crippen LogP contribution in [0.4, 0.5) is 13.2 Å². The zero-order valence-electron chi connectivity index (χ0n) is 10.7. The van der Waals surface area contributed by atoms with Crippen LogP contribution < -0.4 is 5.32 Å². The van der Waals surface area contributed by atoms with Gasteiger partial charge in [-0.3, -0.25) is 5.32 Å². The molecule has 19 heavy (non-hydrogen) atoms. The van der Waals surface area contributed by atoms with Crippen molar-refractivity contribution in [2.75, 3.05) is 0 Å². The van der Waals surface area contributed by atoms with Gasteiger partial charge in [0.05, 0.1) is 0 Å². The zero-order valence-corrected chi connectivity index (χ0v) is 10.7. The molecule has 0 aromatic heterocycles. The highest BCUT2D eigenvalue weighted by atomic mass is 19.4. The van der Waals surface area contributed by atoms with Crippen LogP contribution >= 0.6 is 0 Å². The first-order valence-electron chi connectivity index (χ1n) is 6.93. The van der Waals surface area contributed by atoms with Gasteiger partial charge in [0.15, 0.2) is 0 Å². The van der Waals surface area contributed by atoms with E-state index in [1.165, 1.54) is 0 Å². The Kier molecular flexibility index (Phi) is 3.29. The van der Waals surface area contributed by atoms with Gasteiger partial charge in [-0.15, -0.1) is 0 Å². The first kappa shape index (κ1) is 13.0.